The summed E-state index contributed by atoms with van der Waals surface area (Å²) in [5.41, 5.74) is 0.388. The van der Waals surface area contributed by atoms with E-state index in [9.17, 15) is 4.79 Å². The Morgan fingerprint density at radius 2 is 1.95 bits per heavy atom. The van der Waals surface area contributed by atoms with Crippen LogP contribution in [0.3, 0.4) is 0 Å². The number of hydrogen-bond donors (Lipinski definition) is 1. The van der Waals surface area contributed by atoms with Gasteiger partial charge in [-0.05, 0) is 43.7 Å². The Bertz CT molecular complexity index is 607. The summed E-state index contributed by atoms with van der Waals surface area (Å²) >= 11 is 0. The van der Waals surface area contributed by atoms with Crippen LogP contribution < -0.4 is 14.8 Å². The van der Waals surface area contributed by atoms with Crippen molar-refractivity contribution in [3.8, 4) is 11.5 Å². The van der Waals surface area contributed by atoms with E-state index in [0.717, 1.165) is 12.2 Å². The van der Waals surface area contributed by atoms with E-state index in [4.69, 9.17) is 9.47 Å². The lowest BCUT2D eigenvalue weighted by molar-refractivity contribution is 0.0932. The van der Waals surface area contributed by atoms with E-state index >= 15 is 0 Å². The zero-order valence-corrected chi connectivity index (χ0v) is 13.1. The summed E-state index contributed by atoms with van der Waals surface area (Å²) in [6, 6.07) is 9.09. The molecule has 2 aromatic rings. The molecule has 6 heteroatoms. The lowest BCUT2D eigenvalue weighted by Crippen LogP contribution is -2.32. The first kappa shape index (κ1) is 15.9. The Morgan fingerprint density at radius 3 is 2.59 bits per heavy atom. The molecule has 0 saturated heterocycles. The third kappa shape index (κ3) is 4.25. The van der Waals surface area contributed by atoms with E-state index in [1.165, 1.54) is 0 Å². The van der Waals surface area contributed by atoms with E-state index in [2.05, 4.69) is 10.4 Å². The highest BCUT2D eigenvalue weighted by atomic mass is 16.5. The molecular formula is C16H21N3O3. The fourth-order valence-electron chi connectivity index (χ4n) is 1.77. The van der Waals surface area contributed by atoms with Gasteiger partial charge in [-0.1, -0.05) is 6.92 Å². The van der Waals surface area contributed by atoms with Gasteiger partial charge in [-0.3, -0.25) is 4.79 Å². The van der Waals surface area contributed by atoms with Crippen molar-refractivity contribution in [3.63, 3.8) is 0 Å². The van der Waals surface area contributed by atoms with Crippen LogP contribution in [0.15, 0.2) is 36.5 Å². The van der Waals surface area contributed by atoms with Gasteiger partial charge in [0.2, 0.25) is 0 Å². The van der Waals surface area contributed by atoms with Crippen LogP contribution in [0.2, 0.25) is 0 Å². The molecule has 1 unspecified atom stereocenters. The Balaban J connectivity index is 1.90. The molecule has 0 radical (unpaired) electrons. The van der Waals surface area contributed by atoms with Gasteiger partial charge in [0.25, 0.3) is 5.91 Å². The predicted molar refractivity (Wildman–Crippen MR) is 83.1 cm³/mol. The number of carbonyl (C=O) groups excluding carboxylic acids is 1. The monoisotopic (exact) mass is 303 g/mol. The predicted octanol–water partition coefficient (Wildman–Crippen LogP) is 2.46. The molecule has 1 atom stereocenters. The van der Waals surface area contributed by atoms with Crippen molar-refractivity contribution in [3.05, 3.63) is 42.2 Å². The van der Waals surface area contributed by atoms with Gasteiger partial charge in [0.15, 0.2) is 6.73 Å². The number of nitrogens with zero attached hydrogens (tertiary/aromatic N) is 2. The Labute approximate surface area is 130 Å². The molecule has 0 aliphatic rings. The zero-order chi connectivity index (χ0) is 15.9. The van der Waals surface area contributed by atoms with Crippen molar-refractivity contribution < 1.29 is 14.3 Å². The smallest absolute Gasteiger partial charge is 0.271 e. The minimum Gasteiger partial charge on any atom is -0.497 e. The average molecular weight is 303 g/mol. The van der Waals surface area contributed by atoms with Crippen molar-refractivity contribution in [1.82, 2.24) is 15.1 Å². The minimum atomic E-state index is -0.169. The topological polar surface area (TPSA) is 65.4 Å². The highest BCUT2D eigenvalue weighted by Gasteiger charge is 2.11. The van der Waals surface area contributed by atoms with Gasteiger partial charge in [-0.15, -0.1) is 0 Å². The van der Waals surface area contributed by atoms with Crippen LogP contribution in [-0.4, -0.2) is 28.8 Å². The molecule has 22 heavy (non-hydrogen) atoms. The molecular weight excluding hydrogens is 282 g/mol. The Hall–Kier alpha value is -2.50. The SMILES string of the molecule is CCC(C)NC(=O)c1ccn(COc2ccc(OC)cc2)n1. The van der Waals surface area contributed by atoms with Gasteiger partial charge in [-0.2, -0.15) is 5.10 Å². The third-order valence-electron chi connectivity index (χ3n) is 3.29. The van der Waals surface area contributed by atoms with Crippen molar-refractivity contribution in [2.75, 3.05) is 7.11 Å². The molecule has 0 bridgehead atoms. The molecule has 1 aromatic carbocycles. The molecule has 0 aliphatic carbocycles. The van der Waals surface area contributed by atoms with Gasteiger partial charge >= 0.3 is 0 Å². The first-order valence-electron chi connectivity index (χ1n) is 7.23. The van der Waals surface area contributed by atoms with Crippen LogP contribution in [0, 0.1) is 0 Å². The van der Waals surface area contributed by atoms with Gasteiger partial charge in [-0.25, -0.2) is 4.68 Å². The van der Waals surface area contributed by atoms with E-state index in [0.29, 0.717) is 11.4 Å². The van der Waals surface area contributed by atoms with E-state index in [1.54, 1.807) is 24.1 Å². The molecule has 1 heterocycles. The van der Waals surface area contributed by atoms with E-state index < -0.39 is 0 Å². The summed E-state index contributed by atoms with van der Waals surface area (Å²) in [6.07, 6.45) is 2.60. The van der Waals surface area contributed by atoms with Gasteiger partial charge in [0.1, 0.15) is 17.2 Å². The summed E-state index contributed by atoms with van der Waals surface area (Å²) in [4.78, 5) is 11.9. The maximum Gasteiger partial charge on any atom is 0.271 e. The maximum absolute atomic E-state index is 11.9. The van der Waals surface area contributed by atoms with Crippen molar-refractivity contribution in [2.24, 2.45) is 0 Å². The number of amides is 1. The van der Waals surface area contributed by atoms with Gasteiger partial charge in [0.05, 0.1) is 7.11 Å². The summed E-state index contributed by atoms with van der Waals surface area (Å²) in [5, 5.41) is 7.08. The molecule has 0 aliphatic heterocycles. The number of benzene rings is 1. The van der Waals surface area contributed by atoms with Gasteiger partial charge < -0.3 is 14.8 Å². The quantitative estimate of drug-likeness (QED) is 0.853. The lowest BCUT2D eigenvalue weighted by atomic mass is 10.2. The van der Waals surface area contributed by atoms with Crippen LogP contribution in [0.4, 0.5) is 0 Å². The number of hydrogen-bond acceptors (Lipinski definition) is 4. The molecule has 6 nitrogen and oxygen atoms in total. The zero-order valence-electron chi connectivity index (χ0n) is 13.1. The number of aromatic nitrogens is 2. The van der Waals surface area contributed by atoms with Crippen LogP contribution in [0.1, 0.15) is 30.8 Å². The first-order valence-corrected chi connectivity index (χ1v) is 7.23. The minimum absolute atomic E-state index is 0.133. The summed E-state index contributed by atoms with van der Waals surface area (Å²) in [7, 11) is 1.62. The normalized spacial score (nSPS) is 11.8. The fraction of sp³-hybridized carbons (Fsp3) is 0.375. The molecule has 2 rings (SSSR count). The summed E-state index contributed by atoms with van der Waals surface area (Å²) in [6.45, 7) is 4.22. The maximum atomic E-state index is 11.9. The molecule has 1 aromatic heterocycles. The second kappa shape index (κ2) is 7.49. The third-order valence-corrected chi connectivity index (χ3v) is 3.29. The number of carbonyl (C=O) groups is 1. The number of rotatable bonds is 7. The van der Waals surface area contributed by atoms with Crippen molar-refractivity contribution in [1.29, 1.82) is 0 Å². The highest BCUT2D eigenvalue weighted by molar-refractivity contribution is 5.92. The first-order chi connectivity index (χ1) is 10.6. The lowest BCUT2D eigenvalue weighted by Gasteiger charge is -2.09. The largest absolute Gasteiger partial charge is 0.497 e. The average Bonchev–Trinajstić information content (AvgIpc) is 3.02. The van der Waals surface area contributed by atoms with Crippen LogP contribution in [0.5, 0.6) is 11.5 Å². The molecule has 1 amide bonds. The second-order valence-corrected chi connectivity index (χ2v) is 4.97. The number of nitrogens with one attached hydrogen (secondary N) is 1. The Morgan fingerprint density at radius 1 is 1.27 bits per heavy atom. The van der Waals surface area contributed by atoms with Gasteiger partial charge in [0, 0.05) is 12.2 Å². The van der Waals surface area contributed by atoms with Crippen molar-refractivity contribution >= 4 is 5.91 Å². The van der Waals surface area contributed by atoms with Crippen molar-refractivity contribution in [2.45, 2.75) is 33.0 Å². The fourth-order valence-corrected chi connectivity index (χ4v) is 1.77. The van der Waals surface area contributed by atoms with E-state index in [-0.39, 0.29) is 18.7 Å². The van der Waals surface area contributed by atoms with Crippen LogP contribution in [0.25, 0.3) is 0 Å². The standard InChI is InChI=1S/C16H21N3O3/c1-4-12(2)17-16(20)15-9-10-19(18-15)11-22-14-7-5-13(21-3)6-8-14/h5-10,12H,4,11H2,1-3H3,(H,17,20). The second-order valence-electron chi connectivity index (χ2n) is 4.97. The highest BCUT2D eigenvalue weighted by Crippen LogP contribution is 2.17. The van der Waals surface area contributed by atoms with Crippen LogP contribution >= 0.6 is 0 Å². The van der Waals surface area contributed by atoms with Crippen LogP contribution in [-0.2, 0) is 6.73 Å². The molecule has 118 valence electrons. The summed E-state index contributed by atoms with van der Waals surface area (Å²) < 4.78 is 12.3. The summed E-state index contributed by atoms with van der Waals surface area (Å²) in [5.74, 6) is 1.31. The Kier molecular flexibility index (Phi) is 5.41. The molecule has 1 N–H and O–H groups in total. The molecule has 0 saturated carbocycles. The number of ether oxygens (including phenoxy) is 2. The number of methoxy groups -OCH3 is 1. The molecule has 0 fully saturated rings. The van der Waals surface area contributed by atoms with E-state index in [1.807, 2.05) is 38.1 Å². The molecule has 0 spiro atoms.